The molecule has 0 aromatic heterocycles. The molecule has 7 heteroatoms. The SMILES string of the molecule is CC(=O)O[C@@H]1[C@@H]([C@@]2(C)CC[C@H](OS)C[C@@H]2CO)CC[C@@]2(C)[C@H]1CCC21OCCO1. The van der Waals surface area contributed by atoms with E-state index < -0.39 is 5.79 Å². The van der Waals surface area contributed by atoms with Crippen molar-refractivity contribution in [1.29, 1.82) is 0 Å². The van der Waals surface area contributed by atoms with Crippen LogP contribution in [0.2, 0.25) is 0 Å². The zero-order valence-corrected chi connectivity index (χ0v) is 18.8. The third-order valence-electron chi connectivity index (χ3n) is 9.00. The first-order chi connectivity index (χ1) is 13.8. The first kappa shape index (κ1) is 21.9. The molecule has 29 heavy (non-hydrogen) atoms. The predicted molar refractivity (Wildman–Crippen MR) is 110 cm³/mol. The van der Waals surface area contributed by atoms with E-state index in [4.69, 9.17) is 18.4 Å². The molecule has 1 saturated heterocycles. The Hall–Kier alpha value is -0.340. The molecule has 1 spiro atoms. The van der Waals surface area contributed by atoms with Gasteiger partial charge in [0.2, 0.25) is 0 Å². The molecule has 166 valence electrons. The molecular weight excluding hydrogens is 392 g/mol. The van der Waals surface area contributed by atoms with Crippen LogP contribution in [0.1, 0.15) is 65.7 Å². The smallest absolute Gasteiger partial charge is 0.302 e. The summed E-state index contributed by atoms with van der Waals surface area (Å²) in [6.07, 6.45) is 6.26. The highest BCUT2D eigenvalue weighted by Crippen LogP contribution is 2.65. The molecule has 3 saturated carbocycles. The first-order valence-corrected chi connectivity index (χ1v) is 11.5. The van der Waals surface area contributed by atoms with Gasteiger partial charge in [0.05, 0.1) is 19.3 Å². The molecular formula is C22H36O6S. The number of aliphatic hydroxyl groups is 1. The highest BCUT2D eigenvalue weighted by atomic mass is 32.1. The second kappa shape index (κ2) is 7.97. The minimum absolute atomic E-state index is 0.0691. The third kappa shape index (κ3) is 3.36. The van der Waals surface area contributed by atoms with Crippen molar-refractivity contribution in [1.82, 2.24) is 0 Å². The fourth-order valence-corrected chi connectivity index (χ4v) is 7.46. The number of carbonyl (C=O) groups excluding carboxylic acids is 1. The standard InChI is InChI=1S/C22H36O6S/c1-14(24)27-19-17(20(2)7-4-16(28-29)12-15(20)13-23)5-8-21(3)18(19)6-9-22(21)25-10-11-26-22/h15-19,23,29H,4-13H2,1-3H3/t15-,16+,17+,18+,19-,20+,21+/m1/s1. The molecule has 6 nitrogen and oxygen atoms in total. The van der Waals surface area contributed by atoms with Gasteiger partial charge in [0.1, 0.15) is 6.10 Å². The Morgan fingerprint density at radius 3 is 2.41 bits per heavy atom. The summed E-state index contributed by atoms with van der Waals surface area (Å²) in [6, 6.07) is 0. The molecule has 0 unspecified atom stereocenters. The van der Waals surface area contributed by atoms with E-state index in [-0.39, 0.29) is 53.4 Å². The van der Waals surface area contributed by atoms with Crippen molar-refractivity contribution >= 4 is 18.9 Å². The summed E-state index contributed by atoms with van der Waals surface area (Å²) < 4.78 is 23.7. The van der Waals surface area contributed by atoms with Crippen LogP contribution in [0, 0.1) is 28.6 Å². The lowest BCUT2D eigenvalue weighted by molar-refractivity contribution is -0.253. The lowest BCUT2D eigenvalue weighted by Gasteiger charge is -2.57. The van der Waals surface area contributed by atoms with E-state index in [1.54, 1.807) is 0 Å². The number of aliphatic hydroxyl groups excluding tert-OH is 1. The number of ether oxygens (including phenoxy) is 3. The molecule has 0 aromatic rings. The van der Waals surface area contributed by atoms with E-state index in [0.717, 1.165) is 44.9 Å². The van der Waals surface area contributed by atoms with Gasteiger partial charge in [-0.1, -0.05) is 13.8 Å². The van der Waals surface area contributed by atoms with Gasteiger partial charge in [-0.2, -0.15) is 0 Å². The zero-order valence-electron chi connectivity index (χ0n) is 17.9. The monoisotopic (exact) mass is 428 g/mol. The minimum Gasteiger partial charge on any atom is -0.462 e. The Morgan fingerprint density at radius 1 is 1.10 bits per heavy atom. The highest BCUT2D eigenvalue weighted by molar-refractivity contribution is 7.75. The number of hydrogen-bond donors (Lipinski definition) is 2. The normalized spacial score (nSPS) is 46.6. The van der Waals surface area contributed by atoms with Crippen LogP contribution in [0.5, 0.6) is 0 Å². The maximum absolute atomic E-state index is 12.1. The average Bonchev–Trinajstić information content (AvgIpc) is 3.28. The summed E-state index contributed by atoms with van der Waals surface area (Å²) in [5.41, 5.74) is -0.261. The number of esters is 1. The van der Waals surface area contributed by atoms with E-state index >= 15 is 0 Å². The number of hydrogen-bond acceptors (Lipinski definition) is 7. The molecule has 1 N–H and O–H groups in total. The van der Waals surface area contributed by atoms with Crippen molar-refractivity contribution < 1.29 is 28.3 Å². The fraction of sp³-hybridized carbons (Fsp3) is 0.955. The Labute approximate surface area is 179 Å². The molecule has 7 atom stereocenters. The lowest BCUT2D eigenvalue weighted by Crippen LogP contribution is -2.58. The quantitative estimate of drug-likeness (QED) is 0.405. The molecule has 4 aliphatic rings. The second-order valence-electron chi connectivity index (χ2n) is 10.1. The molecule has 4 rings (SSSR count). The summed E-state index contributed by atoms with van der Waals surface area (Å²) >= 11 is 4.02. The van der Waals surface area contributed by atoms with E-state index in [1.165, 1.54) is 6.92 Å². The predicted octanol–water partition coefficient (Wildman–Crippen LogP) is 3.52. The van der Waals surface area contributed by atoms with E-state index in [2.05, 4.69) is 26.8 Å². The van der Waals surface area contributed by atoms with Gasteiger partial charge in [0, 0.05) is 37.2 Å². The van der Waals surface area contributed by atoms with Gasteiger partial charge in [-0.05, 0) is 62.8 Å². The third-order valence-corrected chi connectivity index (χ3v) is 9.30. The second-order valence-corrected chi connectivity index (χ2v) is 10.3. The van der Waals surface area contributed by atoms with Crippen molar-refractivity contribution in [3.8, 4) is 0 Å². The van der Waals surface area contributed by atoms with Crippen LogP contribution in [-0.2, 0) is 23.2 Å². The summed E-state index contributed by atoms with van der Waals surface area (Å²) in [5, 5.41) is 10.2. The van der Waals surface area contributed by atoms with E-state index in [1.807, 2.05) is 0 Å². The van der Waals surface area contributed by atoms with Crippen molar-refractivity contribution in [2.24, 2.45) is 28.6 Å². The van der Waals surface area contributed by atoms with Crippen LogP contribution in [0.3, 0.4) is 0 Å². The maximum atomic E-state index is 12.1. The molecule has 0 aromatic carbocycles. The number of thiol groups is 1. The van der Waals surface area contributed by atoms with Crippen molar-refractivity contribution in [2.45, 2.75) is 83.7 Å². The molecule has 0 bridgehead atoms. The Morgan fingerprint density at radius 2 is 1.79 bits per heavy atom. The first-order valence-electron chi connectivity index (χ1n) is 11.2. The van der Waals surface area contributed by atoms with Gasteiger partial charge in [0.25, 0.3) is 0 Å². The van der Waals surface area contributed by atoms with Gasteiger partial charge in [-0.15, -0.1) is 0 Å². The van der Waals surface area contributed by atoms with Crippen LogP contribution in [0.15, 0.2) is 0 Å². The van der Waals surface area contributed by atoms with Crippen LogP contribution in [0.25, 0.3) is 0 Å². The number of fused-ring (bicyclic) bond motifs is 2. The highest BCUT2D eigenvalue weighted by Gasteiger charge is 2.67. The molecule has 0 radical (unpaired) electrons. The number of carbonyl (C=O) groups is 1. The fourth-order valence-electron chi connectivity index (χ4n) is 7.27. The van der Waals surface area contributed by atoms with E-state index in [9.17, 15) is 9.90 Å². The average molecular weight is 429 g/mol. The summed E-state index contributed by atoms with van der Waals surface area (Å²) in [6.45, 7) is 7.44. The largest absolute Gasteiger partial charge is 0.462 e. The lowest BCUT2D eigenvalue weighted by atomic mass is 9.51. The van der Waals surface area contributed by atoms with Crippen molar-refractivity contribution in [3.05, 3.63) is 0 Å². The Bertz CT molecular complexity index is 622. The Kier molecular flexibility index (Phi) is 6.01. The van der Waals surface area contributed by atoms with Gasteiger partial charge >= 0.3 is 5.97 Å². The van der Waals surface area contributed by atoms with Gasteiger partial charge < -0.3 is 23.5 Å². The van der Waals surface area contributed by atoms with E-state index in [0.29, 0.717) is 13.2 Å². The summed E-state index contributed by atoms with van der Waals surface area (Å²) in [7, 11) is 0. The Balaban J connectivity index is 1.65. The minimum atomic E-state index is -0.532. The number of rotatable bonds is 4. The molecule has 0 amide bonds. The topological polar surface area (TPSA) is 74.2 Å². The van der Waals surface area contributed by atoms with Gasteiger partial charge in [-0.25, -0.2) is 0 Å². The van der Waals surface area contributed by atoms with Crippen LogP contribution in [0.4, 0.5) is 0 Å². The van der Waals surface area contributed by atoms with Crippen LogP contribution >= 0.6 is 12.9 Å². The van der Waals surface area contributed by atoms with Gasteiger partial charge in [0.15, 0.2) is 5.79 Å². The maximum Gasteiger partial charge on any atom is 0.302 e. The van der Waals surface area contributed by atoms with Crippen molar-refractivity contribution in [2.75, 3.05) is 19.8 Å². The zero-order chi connectivity index (χ0) is 20.9. The molecule has 1 aliphatic heterocycles. The summed E-state index contributed by atoms with van der Waals surface area (Å²) in [4.78, 5) is 12.1. The molecule has 3 aliphatic carbocycles. The van der Waals surface area contributed by atoms with Crippen molar-refractivity contribution in [3.63, 3.8) is 0 Å². The van der Waals surface area contributed by atoms with Crippen LogP contribution < -0.4 is 0 Å². The molecule has 1 heterocycles. The van der Waals surface area contributed by atoms with Crippen LogP contribution in [-0.4, -0.2) is 48.9 Å². The molecule has 4 fully saturated rings. The van der Waals surface area contributed by atoms with Gasteiger partial charge in [-0.3, -0.25) is 4.79 Å². The summed E-state index contributed by atoms with van der Waals surface area (Å²) in [5.74, 6) is -0.238.